The van der Waals surface area contributed by atoms with Crippen molar-refractivity contribution >= 4 is 26.8 Å². The first-order chi connectivity index (χ1) is 16.2. The molecule has 2 N–H and O–H groups in total. The van der Waals surface area contributed by atoms with Gasteiger partial charge in [-0.1, -0.05) is 30.3 Å². The van der Waals surface area contributed by atoms with Gasteiger partial charge in [-0.05, 0) is 28.8 Å². The summed E-state index contributed by atoms with van der Waals surface area (Å²) in [7, 11) is -1.87. The number of nitrogens with zero attached hydrogens (tertiary/aromatic N) is 2. The number of oxazole rings is 1. The number of aromatic nitrogens is 1. The molecule has 2 aliphatic heterocycles. The van der Waals surface area contributed by atoms with Gasteiger partial charge < -0.3 is 19.8 Å². The fourth-order valence-electron chi connectivity index (χ4n) is 4.52. The number of carbonyl (C=O) groups excluding carboxylic acids is 1. The fraction of sp³-hybridized carbons (Fsp3) is 0.348. The molecule has 176 valence electrons. The molecule has 1 amide bonds. The van der Waals surface area contributed by atoms with E-state index >= 15 is 0 Å². The number of nitrogens with one attached hydrogen (secondary N) is 2. The summed E-state index contributed by atoms with van der Waals surface area (Å²) in [6.07, 6.45) is 0.262. The van der Waals surface area contributed by atoms with Crippen molar-refractivity contribution in [2.24, 2.45) is 13.0 Å². The van der Waals surface area contributed by atoms with E-state index in [-0.39, 0.29) is 19.5 Å². The summed E-state index contributed by atoms with van der Waals surface area (Å²) >= 11 is 0. The third kappa shape index (κ3) is 3.51. The number of amides is 1. The van der Waals surface area contributed by atoms with Gasteiger partial charge in [-0.2, -0.15) is 5.26 Å². The van der Waals surface area contributed by atoms with Crippen LogP contribution in [-0.4, -0.2) is 48.9 Å². The van der Waals surface area contributed by atoms with Crippen LogP contribution in [0.2, 0.25) is 0 Å². The van der Waals surface area contributed by atoms with Crippen LogP contribution in [-0.2, 0) is 32.8 Å². The zero-order valence-corrected chi connectivity index (χ0v) is 19.1. The van der Waals surface area contributed by atoms with Crippen LogP contribution < -0.4 is 16.4 Å². The Morgan fingerprint density at radius 2 is 2.03 bits per heavy atom. The van der Waals surface area contributed by atoms with Gasteiger partial charge in [-0.15, -0.1) is 0 Å². The van der Waals surface area contributed by atoms with E-state index in [1.165, 1.54) is 4.57 Å². The maximum absolute atomic E-state index is 12.8. The number of hydrogen-bond acceptors (Lipinski definition) is 8. The van der Waals surface area contributed by atoms with Crippen molar-refractivity contribution in [2.75, 3.05) is 19.0 Å². The zero-order chi connectivity index (χ0) is 24.1. The molecule has 34 heavy (non-hydrogen) atoms. The Labute approximate surface area is 195 Å². The molecular formula is C23H22N4O6S. The molecule has 2 fully saturated rings. The molecule has 2 saturated heterocycles. The van der Waals surface area contributed by atoms with Crippen LogP contribution >= 0.6 is 0 Å². The second-order valence-electron chi connectivity index (χ2n) is 8.57. The zero-order valence-electron chi connectivity index (χ0n) is 18.3. The number of rotatable bonds is 5. The number of nitriles is 1. The second kappa shape index (κ2) is 8.09. The lowest BCUT2D eigenvalue weighted by Gasteiger charge is -2.40. The summed E-state index contributed by atoms with van der Waals surface area (Å²) < 4.78 is 36.4. The Morgan fingerprint density at radius 1 is 1.29 bits per heavy atom. The second-order valence-corrected chi connectivity index (χ2v) is 10.7. The molecule has 11 heteroatoms. The normalized spacial score (nSPS) is 23.9. The standard InChI is InChI=1S/C23H22N4O6S/c1-27-19-9-16(6-7-20(19)33-22(27)29)15-4-2-14(3-5-15)8-17(10-24)26-21(28)18-11-25-12-23(18)32-13-34(23,30)31/h2-7,9,17-18,25H,8,11-13H2,1H3,(H,26,28). The lowest BCUT2D eigenvalue weighted by atomic mass is 9.99. The minimum Gasteiger partial charge on any atom is -0.408 e. The van der Waals surface area contributed by atoms with Crippen molar-refractivity contribution < 1.29 is 22.4 Å². The summed E-state index contributed by atoms with van der Waals surface area (Å²) in [4.78, 5) is 23.0. The highest BCUT2D eigenvalue weighted by molar-refractivity contribution is 7.93. The Hall–Kier alpha value is -3.46. The molecule has 0 aliphatic carbocycles. The first kappa shape index (κ1) is 22.3. The number of ether oxygens (including phenoxy) is 1. The van der Waals surface area contributed by atoms with E-state index in [0.29, 0.717) is 11.1 Å². The number of fused-ring (bicyclic) bond motifs is 1. The van der Waals surface area contributed by atoms with Gasteiger partial charge in [-0.3, -0.25) is 9.36 Å². The molecule has 0 bridgehead atoms. The molecule has 1 spiro atoms. The highest BCUT2D eigenvalue weighted by Gasteiger charge is 2.63. The average molecular weight is 483 g/mol. The van der Waals surface area contributed by atoms with Crippen LogP contribution in [0.25, 0.3) is 22.2 Å². The van der Waals surface area contributed by atoms with Gasteiger partial charge in [0.05, 0.1) is 17.5 Å². The van der Waals surface area contributed by atoms with Gasteiger partial charge in [0.15, 0.2) is 16.5 Å². The summed E-state index contributed by atoms with van der Waals surface area (Å²) in [6.45, 7) is 0.232. The summed E-state index contributed by atoms with van der Waals surface area (Å²) in [5.41, 5.74) is 3.86. The minimum absolute atomic E-state index is 0.0604. The molecule has 2 aliphatic rings. The average Bonchev–Trinajstić information content (AvgIpc) is 3.42. The molecule has 0 radical (unpaired) electrons. The van der Waals surface area contributed by atoms with Crippen LogP contribution in [0, 0.1) is 17.2 Å². The largest absolute Gasteiger partial charge is 0.419 e. The highest BCUT2D eigenvalue weighted by Crippen LogP contribution is 2.40. The van der Waals surface area contributed by atoms with Crippen molar-refractivity contribution in [3.63, 3.8) is 0 Å². The van der Waals surface area contributed by atoms with Crippen molar-refractivity contribution in [3.8, 4) is 17.2 Å². The van der Waals surface area contributed by atoms with Crippen molar-refractivity contribution in [1.82, 2.24) is 15.2 Å². The molecule has 3 unspecified atom stereocenters. The number of hydrogen-bond donors (Lipinski definition) is 2. The summed E-state index contributed by atoms with van der Waals surface area (Å²) in [5.74, 6) is -2.24. The minimum atomic E-state index is -3.52. The molecular weight excluding hydrogens is 460 g/mol. The van der Waals surface area contributed by atoms with Gasteiger partial charge in [0.1, 0.15) is 6.04 Å². The van der Waals surface area contributed by atoms with Gasteiger partial charge in [0, 0.05) is 26.6 Å². The Kier molecular flexibility index (Phi) is 5.31. The predicted molar refractivity (Wildman–Crippen MR) is 122 cm³/mol. The molecule has 3 atom stereocenters. The van der Waals surface area contributed by atoms with E-state index in [2.05, 4.69) is 16.7 Å². The maximum Gasteiger partial charge on any atom is 0.419 e. The molecule has 1 aromatic heterocycles. The molecule has 0 saturated carbocycles. The van der Waals surface area contributed by atoms with Crippen LogP contribution in [0.1, 0.15) is 5.56 Å². The van der Waals surface area contributed by atoms with Crippen LogP contribution in [0.3, 0.4) is 0 Å². The van der Waals surface area contributed by atoms with E-state index in [4.69, 9.17) is 9.15 Å². The summed E-state index contributed by atoms with van der Waals surface area (Å²) in [5, 5.41) is 15.2. The third-order valence-electron chi connectivity index (χ3n) is 6.54. The third-order valence-corrected chi connectivity index (χ3v) is 8.57. The first-order valence-corrected chi connectivity index (χ1v) is 12.4. The lowest BCUT2D eigenvalue weighted by Crippen LogP contribution is -2.62. The maximum atomic E-state index is 12.8. The van der Waals surface area contributed by atoms with Gasteiger partial charge in [-0.25, -0.2) is 13.2 Å². The predicted octanol–water partition coefficient (Wildman–Crippen LogP) is 0.668. The molecule has 3 aromatic rings. The number of sulfone groups is 1. The van der Waals surface area contributed by atoms with Crippen molar-refractivity contribution in [1.29, 1.82) is 5.26 Å². The van der Waals surface area contributed by atoms with E-state index in [1.54, 1.807) is 13.1 Å². The van der Waals surface area contributed by atoms with Crippen LogP contribution in [0.4, 0.5) is 0 Å². The smallest absolute Gasteiger partial charge is 0.408 e. The number of carbonyl (C=O) groups is 1. The van der Waals surface area contributed by atoms with E-state index in [9.17, 15) is 23.3 Å². The summed E-state index contributed by atoms with van der Waals surface area (Å²) in [6, 6.07) is 14.3. The lowest BCUT2D eigenvalue weighted by molar-refractivity contribution is -0.131. The Bertz CT molecular complexity index is 1480. The van der Waals surface area contributed by atoms with Gasteiger partial charge >= 0.3 is 5.76 Å². The van der Waals surface area contributed by atoms with Crippen LogP contribution in [0.5, 0.6) is 0 Å². The van der Waals surface area contributed by atoms with Gasteiger partial charge in [0.25, 0.3) is 0 Å². The number of aryl methyl sites for hydroxylation is 1. The van der Waals surface area contributed by atoms with E-state index in [1.807, 2.05) is 36.4 Å². The van der Waals surface area contributed by atoms with E-state index in [0.717, 1.165) is 16.7 Å². The topological polar surface area (TPSA) is 143 Å². The Balaban J connectivity index is 1.28. The van der Waals surface area contributed by atoms with Crippen molar-refractivity contribution in [2.45, 2.75) is 17.4 Å². The molecule has 3 heterocycles. The van der Waals surface area contributed by atoms with E-state index < -0.39 is 44.3 Å². The quantitative estimate of drug-likeness (QED) is 0.540. The first-order valence-electron chi connectivity index (χ1n) is 10.7. The van der Waals surface area contributed by atoms with Gasteiger partial charge in [0.2, 0.25) is 15.7 Å². The number of benzene rings is 2. The highest BCUT2D eigenvalue weighted by atomic mass is 32.2. The monoisotopic (exact) mass is 482 g/mol. The van der Waals surface area contributed by atoms with Crippen LogP contribution in [0.15, 0.2) is 51.7 Å². The Morgan fingerprint density at radius 3 is 2.68 bits per heavy atom. The van der Waals surface area contributed by atoms with Crippen molar-refractivity contribution in [3.05, 3.63) is 58.6 Å². The molecule has 10 nitrogen and oxygen atoms in total. The fourth-order valence-corrected chi connectivity index (χ4v) is 6.08. The SMILES string of the molecule is Cn1c(=O)oc2ccc(-c3ccc(CC(C#N)NC(=O)C4CNCC45OCS5(=O)=O)cc3)cc21. The molecule has 5 rings (SSSR count). The molecule has 2 aromatic carbocycles.